The fourth-order valence-corrected chi connectivity index (χ4v) is 1.79. The first kappa shape index (κ1) is 16.7. The fraction of sp³-hybridized carbons (Fsp3) is 0.818. The van der Waals surface area contributed by atoms with E-state index < -0.39 is 37.3 Å². The second kappa shape index (κ2) is 7.44. The summed E-state index contributed by atoms with van der Waals surface area (Å²) in [5, 5.41) is 2.92. The highest BCUT2D eigenvalue weighted by Gasteiger charge is 2.34. The van der Waals surface area contributed by atoms with E-state index in [0.717, 1.165) is 0 Å². The average Bonchev–Trinajstić information content (AvgIpc) is 2.37. The summed E-state index contributed by atoms with van der Waals surface area (Å²) < 4.78 is 44.9. The zero-order chi connectivity index (χ0) is 15.2. The largest absolute Gasteiger partial charge is 0.464 e. The standard InChI is InChI=1S/C11H17F3N2O4/c1-2-20-10(18)8-5-15-3-4-16(8)9(17)6-19-7-11(12,13)14/h8,15H,2-7H2,1H3. The maximum absolute atomic E-state index is 11.9. The molecule has 0 aromatic rings. The van der Waals surface area contributed by atoms with Gasteiger partial charge in [0.25, 0.3) is 0 Å². The van der Waals surface area contributed by atoms with Crippen LogP contribution in [0.15, 0.2) is 0 Å². The summed E-state index contributed by atoms with van der Waals surface area (Å²) in [6, 6.07) is -0.828. The summed E-state index contributed by atoms with van der Waals surface area (Å²) >= 11 is 0. The smallest absolute Gasteiger partial charge is 0.411 e. The Labute approximate surface area is 114 Å². The Balaban J connectivity index is 2.52. The van der Waals surface area contributed by atoms with Gasteiger partial charge < -0.3 is 19.7 Å². The number of nitrogens with zero attached hydrogens (tertiary/aromatic N) is 1. The molecule has 1 N–H and O–H groups in total. The summed E-state index contributed by atoms with van der Waals surface area (Å²) in [6.07, 6.45) is -4.48. The Kier molecular flexibility index (Phi) is 6.21. The second-order valence-electron chi connectivity index (χ2n) is 4.17. The quantitative estimate of drug-likeness (QED) is 0.720. The zero-order valence-electron chi connectivity index (χ0n) is 11.0. The van der Waals surface area contributed by atoms with Crippen LogP contribution >= 0.6 is 0 Å². The lowest BCUT2D eigenvalue weighted by molar-refractivity contribution is -0.180. The van der Waals surface area contributed by atoms with Gasteiger partial charge >= 0.3 is 12.1 Å². The third-order valence-corrected chi connectivity index (χ3v) is 2.61. The summed E-state index contributed by atoms with van der Waals surface area (Å²) in [7, 11) is 0. The normalized spacial score (nSPS) is 19.8. The lowest BCUT2D eigenvalue weighted by Crippen LogP contribution is -2.58. The van der Waals surface area contributed by atoms with E-state index in [4.69, 9.17) is 4.74 Å². The van der Waals surface area contributed by atoms with Crippen molar-refractivity contribution >= 4 is 11.9 Å². The number of hydrogen-bond acceptors (Lipinski definition) is 5. The molecule has 1 aliphatic rings. The number of rotatable bonds is 5. The molecule has 1 heterocycles. The molecule has 1 amide bonds. The van der Waals surface area contributed by atoms with Gasteiger partial charge in [0.05, 0.1) is 6.61 Å². The molecule has 116 valence electrons. The van der Waals surface area contributed by atoms with Crippen LogP contribution in [0.2, 0.25) is 0 Å². The number of halogens is 3. The molecule has 1 aliphatic heterocycles. The maximum atomic E-state index is 11.9. The predicted octanol–water partition coefficient (Wildman–Crippen LogP) is -0.0712. The topological polar surface area (TPSA) is 67.9 Å². The number of amides is 1. The van der Waals surface area contributed by atoms with Crippen molar-refractivity contribution in [3.05, 3.63) is 0 Å². The third-order valence-electron chi connectivity index (χ3n) is 2.61. The molecule has 0 aromatic carbocycles. The molecule has 0 spiro atoms. The summed E-state index contributed by atoms with van der Waals surface area (Å²) in [6.45, 7) is 0.488. The van der Waals surface area contributed by atoms with Crippen molar-refractivity contribution in [2.45, 2.75) is 19.1 Å². The SMILES string of the molecule is CCOC(=O)C1CNCCN1C(=O)COCC(F)(F)F. The molecule has 6 nitrogen and oxygen atoms in total. The van der Waals surface area contributed by atoms with Gasteiger partial charge in [0, 0.05) is 19.6 Å². The van der Waals surface area contributed by atoms with Gasteiger partial charge in [-0.1, -0.05) is 0 Å². The van der Waals surface area contributed by atoms with E-state index in [1.807, 2.05) is 0 Å². The van der Waals surface area contributed by atoms with Gasteiger partial charge in [0.1, 0.15) is 19.3 Å². The molecule has 0 radical (unpaired) electrons. The highest BCUT2D eigenvalue weighted by molar-refractivity contribution is 5.85. The van der Waals surface area contributed by atoms with Gasteiger partial charge in [-0.05, 0) is 6.92 Å². The number of ether oxygens (including phenoxy) is 2. The van der Waals surface area contributed by atoms with E-state index in [1.54, 1.807) is 6.92 Å². The zero-order valence-corrected chi connectivity index (χ0v) is 11.0. The molecule has 0 aromatic heterocycles. The third kappa shape index (κ3) is 5.33. The van der Waals surface area contributed by atoms with Crippen molar-refractivity contribution in [1.82, 2.24) is 10.2 Å². The first-order chi connectivity index (χ1) is 9.35. The van der Waals surface area contributed by atoms with E-state index in [1.165, 1.54) is 4.90 Å². The van der Waals surface area contributed by atoms with Crippen molar-refractivity contribution in [2.24, 2.45) is 0 Å². The molecule has 1 unspecified atom stereocenters. The van der Waals surface area contributed by atoms with Crippen LogP contribution in [0.1, 0.15) is 6.92 Å². The van der Waals surface area contributed by atoms with E-state index >= 15 is 0 Å². The minimum absolute atomic E-state index is 0.169. The molecule has 0 saturated carbocycles. The molecule has 0 bridgehead atoms. The van der Waals surface area contributed by atoms with E-state index in [2.05, 4.69) is 10.1 Å². The molecule has 9 heteroatoms. The van der Waals surface area contributed by atoms with Crippen LogP contribution in [0.3, 0.4) is 0 Å². The Bertz CT molecular complexity index is 349. The first-order valence-electron chi connectivity index (χ1n) is 6.16. The van der Waals surface area contributed by atoms with Crippen LogP contribution in [-0.4, -0.2) is 68.4 Å². The summed E-state index contributed by atoms with van der Waals surface area (Å²) in [5.41, 5.74) is 0. The van der Waals surface area contributed by atoms with Crippen molar-refractivity contribution in [3.8, 4) is 0 Å². The van der Waals surface area contributed by atoms with Crippen LogP contribution in [0.4, 0.5) is 13.2 Å². The number of alkyl halides is 3. The Morgan fingerprint density at radius 1 is 1.40 bits per heavy atom. The number of nitrogens with one attached hydrogen (secondary N) is 1. The van der Waals surface area contributed by atoms with E-state index in [0.29, 0.717) is 6.54 Å². The molecular weight excluding hydrogens is 281 g/mol. The molecule has 1 fully saturated rings. The predicted molar refractivity (Wildman–Crippen MR) is 61.9 cm³/mol. The van der Waals surface area contributed by atoms with Gasteiger partial charge in [-0.15, -0.1) is 0 Å². The second-order valence-corrected chi connectivity index (χ2v) is 4.17. The minimum atomic E-state index is -4.48. The van der Waals surface area contributed by atoms with Crippen molar-refractivity contribution in [1.29, 1.82) is 0 Å². The highest BCUT2D eigenvalue weighted by Crippen LogP contribution is 2.14. The van der Waals surface area contributed by atoms with Gasteiger partial charge in [-0.3, -0.25) is 4.79 Å². The van der Waals surface area contributed by atoms with Crippen LogP contribution in [0.5, 0.6) is 0 Å². The molecule has 0 aliphatic carbocycles. The molecule has 1 atom stereocenters. The van der Waals surface area contributed by atoms with Crippen molar-refractivity contribution in [2.75, 3.05) is 39.5 Å². The fourth-order valence-electron chi connectivity index (χ4n) is 1.79. The van der Waals surface area contributed by atoms with Crippen LogP contribution in [-0.2, 0) is 19.1 Å². The Hall–Kier alpha value is -1.35. The van der Waals surface area contributed by atoms with Crippen LogP contribution in [0.25, 0.3) is 0 Å². The molecule has 20 heavy (non-hydrogen) atoms. The lowest BCUT2D eigenvalue weighted by atomic mass is 10.2. The number of carbonyl (C=O) groups is 2. The number of hydrogen-bond donors (Lipinski definition) is 1. The number of esters is 1. The van der Waals surface area contributed by atoms with E-state index in [-0.39, 0.29) is 19.7 Å². The first-order valence-corrected chi connectivity index (χ1v) is 6.16. The molecule has 1 saturated heterocycles. The summed E-state index contributed by atoms with van der Waals surface area (Å²) in [5.74, 6) is -1.24. The highest BCUT2D eigenvalue weighted by atomic mass is 19.4. The monoisotopic (exact) mass is 298 g/mol. The average molecular weight is 298 g/mol. The lowest BCUT2D eigenvalue weighted by Gasteiger charge is -2.34. The van der Waals surface area contributed by atoms with Crippen LogP contribution < -0.4 is 5.32 Å². The van der Waals surface area contributed by atoms with Gasteiger partial charge in [0.15, 0.2) is 0 Å². The Morgan fingerprint density at radius 2 is 2.10 bits per heavy atom. The number of piperazine rings is 1. The van der Waals surface area contributed by atoms with Crippen LogP contribution in [0, 0.1) is 0 Å². The minimum Gasteiger partial charge on any atom is -0.464 e. The van der Waals surface area contributed by atoms with Gasteiger partial charge in [0.2, 0.25) is 5.91 Å². The number of carbonyl (C=O) groups excluding carboxylic acids is 2. The van der Waals surface area contributed by atoms with Crippen molar-refractivity contribution in [3.63, 3.8) is 0 Å². The molecular formula is C11H17F3N2O4. The van der Waals surface area contributed by atoms with Gasteiger partial charge in [-0.2, -0.15) is 13.2 Å². The Morgan fingerprint density at radius 3 is 2.70 bits per heavy atom. The maximum Gasteiger partial charge on any atom is 0.411 e. The molecule has 1 rings (SSSR count). The summed E-state index contributed by atoms with van der Waals surface area (Å²) in [4.78, 5) is 24.7. The van der Waals surface area contributed by atoms with Gasteiger partial charge in [-0.25, -0.2) is 4.79 Å². The van der Waals surface area contributed by atoms with Crippen molar-refractivity contribution < 1.29 is 32.2 Å². The van der Waals surface area contributed by atoms with E-state index in [9.17, 15) is 22.8 Å².